The van der Waals surface area contributed by atoms with E-state index in [1.807, 2.05) is 0 Å². The summed E-state index contributed by atoms with van der Waals surface area (Å²) in [7, 11) is 0. The van der Waals surface area contributed by atoms with Crippen LogP contribution in [-0.2, 0) is 16.0 Å². The van der Waals surface area contributed by atoms with Crippen molar-refractivity contribution >= 4 is 29.2 Å². The monoisotopic (exact) mass is 336 g/mol. The first-order valence-corrected chi connectivity index (χ1v) is 7.24. The number of anilines is 1. The quantitative estimate of drug-likeness (QED) is 0.851. The Morgan fingerprint density at radius 3 is 2.83 bits per heavy atom. The average Bonchev–Trinajstić information content (AvgIpc) is 2.52. The third kappa shape index (κ3) is 4.26. The molecule has 0 aliphatic heterocycles. The van der Waals surface area contributed by atoms with E-state index in [1.54, 1.807) is 6.92 Å². The maximum atomic E-state index is 13.7. The Balaban J connectivity index is 2.16. The van der Waals surface area contributed by atoms with Crippen molar-refractivity contribution in [2.75, 3.05) is 11.9 Å². The molecule has 0 saturated carbocycles. The zero-order chi connectivity index (χ0) is 16.8. The van der Waals surface area contributed by atoms with E-state index in [-0.39, 0.29) is 34.9 Å². The molecule has 7 heteroatoms. The van der Waals surface area contributed by atoms with Crippen LogP contribution >= 0.6 is 11.6 Å². The Morgan fingerprint density at radius 2 is 2.13 bits per heavy atom. The molecular formula is C16H14ClFN2O3. The standard InChI is InChI=1S/C16H14ClFN2O3/c1-2-23-16(22)11-9-19-7-6-14(11)20-15(21)8-10-12(17)4-3-5-13(10)18/h3-7,9H,2,8H2,1H3,(H,19,20,21). The normalized spacial score (nSPS) is 10.2. The summed E-state index contributed by atoms with van der Waals surface area (Å²) in [4.78, 5) is 27.8. The van der Waals surface area contributed by atoms with Crippen molar-refractivity contribution in [2.45, 2.75) is 13.3 Å². The van der Waals surface area contributed by atoms with Crippen molar-refractivity contribution < 1.29 is 18.7 Å². The third-order valence-corrected chi connectivity index (χ3v) is 3.34. The predicted molar refractivity (Wildman–Crippen MR) is 83.9 cm³/mol. The van der Waals surface area contributed by atoms with Crippen molar-refractivity contribution in [1.82, 2.24) is 4.98 Å². The fraction of sp³-hybridized carbons (Fsp3) is 0.188. The maximum Gasteiger partial charge on any atom is 0.341 e. The second-order valence-corrected chi connectivity index (χ2v) is 4.97. The molecule has 1 heterocycles. The van der Waals surface area contributed by atoms with Gasteiger partial charge in [0.2, 0.25) is 5.91 Å². The lowest BCUT2D eigenvalue weighted by Gasteiger charge is -2.10. The number of hydrogen-bond acceptors (Lipinski definition) is 4. The van der Waals surface area contributed by atoms with Gasteiger partial charge in [-0.15, -0.1) is 0 Å². The van der Waals surface area contributed by atoms with E-state index in [2.05, 4.69) is 10.3 Å². The first kappa shape index (κ1) is 16.9. The zero-order valence-electron chi connectivity index (χ0n) is 12.3. The predicted octanol–water partition coefficient (Wildman–Crippen LogP) is 3.23. The van der Waals surface area contributed by atoms with Crippen molar-refractivity contribution in [2.24, 2.45) is 0 Å². The number of benzene rings is 1. The van der Waals surface area contributed by atoms with Crippen LogP contribution in [0.4, 0.5) is 10.1 Å². The summed E-state index contributed by atoms with van der Waals surface area (Å²) in [5.41, 5.74) is 0.469. The SMILES string of the molecule is CCOC(=O)c1cnccc1NC(=O)Cc1c(F)cccc1Cl. The molecule has 1 aromatic carbocycles. The van der Waals surface area contributed by atoms with Gasteiger partial charge in [-0.05, 0) is 25.1 Å². The molecule has 1 aromatic heterocycles. The summed E-state index contributed by atoms with van der Waals surface area (Å²) in [6, 6.07) is 5.66. The number of nitrogens with zero attached hydrogens (tertiary/aromatic N) is 1. The molecule has 120 valence electrons. The fourth-order valence-corrected chi connectivity index (χ4v) is 2.16. The number of esters is 1. The van der Waals surface area contributed by atoms with Crippen LogP contribution in [0.25, 0.3) is 0 Å². The van der Waals surface area contributed by atoms with Crippen LogP contribution in [0.5, 0.6) is 0 Å². The largest absolute Gasteiger partial charge is 0.462 e. The molecule has 1 amide bonds. The Bertz CT molecular complexity index is 717. The number of amides is 1. The van der Waals surface area contributed by atoms with E-state index in [4.69, 9.17) is 16.3 Å². The summed E-state index contributed by atoms with van der Waals surface area (Å²) in [6.45, 7) is 1.87. The highest BCUT2D eigenvalue weighted by atomic mass is 35.5. The number of ether oxygens (including phenoxy) is 1. The summed E-state index contributed by atoms with van der Waals surface area (Å²) in [5, 5.41) is 2.71. The number of halogens is 2. The molecule has 0 spiro atoms. The van der Waals surface area contributed by atoms with Gasteiger partial charge in [0, 0.05) is 23.0 Å². The number of carbonyl (C=O) groups is 2. The molecule has 2 rings (SSSR count). The van der Waals surface area contributed by atoms with Crippen LogP contribution < -0.4 is 5.32 Å². The molecule has 0 radical (unpaired) electrons. The van der Waals surface area contributed by atoms with Gasteiger partial charge in [-0.3, -0.25) is 9.78 Å². The number of pyridine rings is 1. The molecule has 23 heavy (non-hydrogen) atoms. The van der Waals surface area contributed by atoms with E-state index in [9.17, 15) is 14.0 Å². The van der Waals surface area contributed by atoms with Gasteiger partial charge < -0.3 is 10.1 Å². The number of aromatic nitrogens is 1. The minimum atomic E-state index is -0.597. The average molecular weight is 337 g/mol. The molecule has 0 aliphatic carbocycles. The van der Waals surface area contributed by atoms with Crippen LogP contribution in [-0.4, -0.2) is 23.5 Å². The van der Waals surface area contributed by atoms with Gasteiger partial charge in [0.1, 0.15) is 11.4 Å². The van der Waals surface area contributed by atoms with E-state index in [1.165, 1.54) is 36.7 Å². The van der Waals surface area contributed by atoms with Crippen LogP contribution in [0.2, 0.25) is 5.02 Å². The Kier molecular flexibility index (Phi) is 5.65. The highest BCUT2D eigenvalue weighted by Gasteiger charge is 2.16. The van der Waals surface area contributed by atoms with Gasteiger partial charge in [0.15, 0.2) is 0 Å². The number of rotatable bonds is 5. The van der Waals surface area contributed by atoms with Gasteiger partial charge >= 0.3 is 5.97 Å². The first-order chi connectivity index (χ1) is 11.0. The molecule has 0 unspecified atom stereocenters. The van der Waals surface area contributed by atoms with Crippen molar-refractivity contribution in [3.63, 3.8) is 0 Å². The third-order valence-electron chi connectivity index (χ3n) is 2.99. The van der Waals surface area contributed by atoms with Crippen molar-refractivity contribution in [3.05, 3.63) is 58.6 Å². The number of carbonyl (C=O) groups excluding carboxylic acids is 2. The van der Waals surface area contributed by atoms with Gasteiger partial charge in [-0.25, -0.2) is 9.18 Å². The van der Waals surface area contributed by atoms with E-state index in [0.29, 0.717) is 0 Å². The van der Waals surface area contributed by atoms with Gasteiger partial charge in [0.05, 0.1) is 18.7 Å². The molecule has 1 N–H and O–H groups in total. The van der Waals surface area contributed by atoms with Gasteiger partial charge in [-0.2, -0.15) is 0 Å². The van der Waals surface area contributed by atoms with E-state index >= 15 is 0 Å². The van der Waals surface area contributed by atoms with Gasteiger partial charge in [-0.1, -0.05) is 17.7 Å². The highest BCUT2D eigenvalue weighted by Crippen LogP contribution is 2.21. The first-order valence-electron chi connectivity index (χ1n) is 6.86. The second-order valence-electron chi connectivity index (χ2n) is 4.57. The molecule has 5 nitrogen and oxygen atoms in total. The van der Waals surface area contributed by atoms with Crippen LogP contribution in [0, 0.1) is 5.82 Å². The number of hydrogen-bond donors (Lipinski definition) is 1. The minimum Gasteiger partial charge on any atom is -0.462 e. The maximum absolute atomic E-state index is 13.7. The topological polar surface area (TPSA) is 68.3 Å². The Hall–Kier alpha value is -2.47. The smallest absolute Gasteiger partial charge is 0.341 e. The summed E-state index contributed by atoms with van der Waals surface area (Å²) < 4.78 is 18.6. The molecule has 0 bridgehead atoms. The summed E-state index contributed by atoms with van der Waals surface area (Å²) >= 11 is 5.90. The van der Waals surface area contributed by atoms with Gasteiger partial charge in [0.25, 0.3) is 0 Å². The highest BCUT2D eigenvalue weighted by molar-refractivity contribution is 6.31. The Labute approximate surface area is 137 Å². The van der Waals surface area contributed by atoms with Crippen LogP contribution in [0.3, 0.4) is 0 Å². The summed E-state index contributed by atoms with van der Waals surface area (Å²) in [5.74, 6) is -1.67. The summed E-state index contributed by atoms with van der Waals surface area (Å²) in [6.07, 6.45) is 2.47. The lowest BCUT2D eigenvalue weighted by atomic mass is 10.1. The van der Waals surface area contributed by atoms with Crippen molar-refractivity contribution in [3.8, 4) is 0 Å². The molecule has 2 aromatic rings. The van der Waals surface area contributed by atoms with Crippen LogP contribution in [0.1, 0.15) is 22.8 Å². The zero-order valence-corrected chi connectivity index (χ0v) is 13.1. The second kappa shape index (κ2) is 7.69. The van der Waals surface area contributed by atoms with Crippen molar-refractivity contribution in [1.29, 1.82) is 0 Å². The molecule has 0 atom stereocenters. The fourth-order valence-electron chi connectivity index (χ4n) is 1.93. The molecular weight excluding hydrogens is 323 g/mol. The lowest BCUT2D eigenvalue weighted by molar-refractivity contribution is -0.115. The number of nitrogens with one attached hydrogen (secondary N) is 1. The Morgan fingerprint density at radius 1 is 1.35 bits per heavy atom. The molecule has 0 saturated heterocycles. The molecule has 0 fully saturated rings. The lowest BCUT2D eigenvalue weighted by Crippen LogP contribution is -2.18. The van der Waals surface area contributed by atoms with E-state index < -0.39 is 17.7 Å². The van der Waals surface area contributed by atoms with Crippen LogP contribution in [0.15, 0.2) is 36.7 Å². The van der Waals surface area contributed by atoms with E-state index in [0.717, 1.165) is 0 Å². The molecule has 0 aliphatic rings. The minimum absolute atomic E-state index is 0.0957.